The van der Waals surface area contributed by atoms with Gasteiger partial charge in [0.2, 0.25) is 11.5 Å². The molecule has 0 aromatic heterocycles. The Morgan fingerprint density at radius 2 is 1.73 bits per heavy atom. The van der Waals surface area contributed by atoms with E-state index in [0.717, 1.165) is 16.9 Å². The number of methoxy groups -OCH3 is 1. The van der Waals surface area contributed by atoms with Gasteiger partial charge in [0.1, 0.15) is 5.75 Å². The first-order chi connectivity index (χ1) is 12.5. The molecule has 26 heavy (non-hydrogen) atoms. The maximum atomic E-state index is 13.0. The third-order valence-electron chi connectivity index (χ3n) is 4.78. The standard InChI is InChI=1S/C20H18N2O4/c1-13-3-7-15(8-4-13)22-18(23)12-20(19(22)24)11-17(21-26-20)14-5-9-16(25-2)10-6-14/h3-10H,11-12H2,1-2H3/t20-/m1/s1. The molecule has 0 radical (unpaired) electrons. The van der Waals surface area contributed by atoms with Crippen LogP contribution in [0.3, 0.4) is 0 Å². The lowest BCUT2D eigenvalue weighted by Gasteiger charge is -2.19. The molecular formula is C20H18N2O4. The van der Waals surface area contributed by atoms with E-state index < -0.39 is 5.60 Å². The smallest absolute Gasteiger partial charge is 0.281 e. The maximum absolute atomic E-state index is 13.0. The highest BCUT2D eigenvalue weighted by molar-refractivity contribution is 6.25. The van der Waals surface area contributed by atoms with Crippen LogP contribution in [-0.2, 0) is 14.4 Å². The Balaban J connectivity index is 1.58. The van der Waals surface area contributed by atoms with Gasteiger partial charge in [-0.3, -0.25) is 9.59 Å². The van der Waals surface area contributed by atoms with E-state index in [0.29, 0.717) is 11.4 Å². The third kappa shape index (κ3) is 2.54. The number of carbonyl (C=O) groups is 2. The quantitative estimate of drug-likeness (QED) is 0.798. The number of hydrogen-bond acceptors (Lipinski definition) is 5. The molecule has 1 fully saturated rings. The van der Waals surface area contributed by atoms with Crippen LogP contribution in [0.5, 0.6) is 5.75 Å². The fourth-order valence-electron chi connectivity index (χ4n) is 3.30. The van der Waals surface area contributed by atoms with Crippen molar-refractivity contribution in [2.75, 3.05) is 12.0 Å². The van der Waals surface area contributed by atoms with Crippen molar-refractivity contribution in [3.8, 4) is 5.75 Å². The third-order valence-corrected chi connectivity index (χ3v) is 4.78. The van der Waals surface area contributed by atoms with Gasteiger partial charge in [0.25, 0.3) is 5.91 Å². The fraction of sp³-hybridized carbons (Fsp3) is 0.250. The number of aryl methyl sites for hydroxylation is 1. The monoisotopic (exact) mass is 350 g/mol. The van der Waals surface area contributed by atoms with Gasteiger partial charge in [0, 0.05) is 6.42 Å². The fourth-order valence-corrected chi connectivity index (χ4v) is 3.30. The summed E-state index contributed by atoms with van der Waals surface area (Å²) in [6.45, 7) is 1.95. The lowest BCUT2D eigenvalue weighted by Crippen LogP contribution is -2.40. The molecule has 0 bridgehead atoms. The maximum Gasteiger partial charge on any atom is 0.281 e. The Labute approximate surface area is 151 Å². The Morgan fingerprint density at radius 1 is 1.04 bits per heavy atom. The highest BCUT2D eigenvalue weighted by Gasteiger charge is 2.58. The number of rotatable bonds is 3. The second-order valence-electron chi connectivity index (χ2n) is 6.58. The number of imide groups is 1. The van der Waals surface area contributed by atoms with E-state index in [-0.39, 0.29) is 24.7 Å². The predicted molar refractivity (Wildman–Crippen MR) is 96.3 cm³/mol. The van der Waals surface area contributed by atoms with Crippen LogP contribution >= 0.6 is 0 Å². The first-order valence-corrected chi connectivity index (χ1v) is 8.36. The van der Waals surface area contributed by atoms with E-state index in [9.17, 15) is 9.59 Å². The van der Waals surface area contributed by atoms with E-state index in [2.05, 4.69) is 5.16 Å². The van der Waals surface area contributed by atoms with Gasteiger partial charge in [0.05, 0.1) is 24.9 Å². The SMILES string of the molecule is COc1ccc(C2=NO[C@@]3(CC(=O)N(c4ccc(C)cc4)C3=O)C2)cc1. The van der Waals surface area contributed by atoms with Crippen molar-refractivity contribution in [2.24, 2.45) is 5.16 Å². The Kier molecular flexibility index (Phi) is 3.76. The molecular weight excluding hydrogens is 332 g/mol. The van der Waals surface area contributed by atoms with Gasteiger partial charge in [-0.1, -0.05) is 22.9 Å². The molecule has 6 heteroatoms. The summed E-state index contributed by atoms with van der Waals surface area (Å²) >= 11 is 0. The summed E-state index contributed by atoms with van der Waals surface area (Å²) in [7, 11) is 1.60. The highest BCUT2D eigenvalue weighted by atomic mass is 16.7. The highest BCUT2D eigenvalue weighted by Crippen LogP contribution is 2.39. The molecule has 2 aliphatic heterocycles. The Bertz CT molecular complexity index is 902. The van der Waals surface area contributed by atoms with Crippen molar-refractivity contribution in [2.45, 2.75) is 25.4 Å². The van der Waals surface area contributed by atoms with E-state index >= 15 is 0 Å². The summed E-state index contributed by atoms with van der Waals surface area (Å²) in [4.78, 5) is 32.2. The van der Waals surface area contributed by atoms with Crippen molar-refractivity contribution in [3.63, 3.8) is 0 Å². The molecule has 0 unspecified atom stereocenters. The van der Waals surface area contributed by atoms with Gasteiger partial charge in [-0.15, -0.1) is 0 Å². The molecule has 1 atom stereocenters. The molecule has 132 valence electrons. The lowest BCUT2D eigenvalue weighted by molar-refractivity contribution is -0.136. The van der Waals surface area contributed by atoms with E-state index in [4.69, 9.17) is 9.57 Å². The van der Waals surface area contributed by atoms with Crippen molar-refractivity contribution in [1.82, 2.24) is 0 Å². The zero-order chi connectivity index (χ0) is 18.3. The summed E-state index contributed by atoms with van der Waals surface area (Å²) < 4.78 is 5.15. The average Bonchev–Trinajstić information content (AvgIpc) is 3.18. The molecule has 6 nitrogen and oxygen atoms in total. The molecule has 4 rings (SSSR count). The molecule has 1 saturated heterocycles. The van der Waals surface area contributed by atoms with Crippen LogP contribution in [0.15, 0.2) is 53.7 Å². The molecule has 0 N–H and O–H groups in total. The molecule has 2 aromatic carbocycles. The Morgan fingerprint density at radius 3 is 2.38 bits per heavy atom. The van der Waals surface area contributed by atoms with Gasteiger partial charge >= 0.3 is 0 Å². The number of nitrogens with zero attached hydrogens (tertiary/aromatic N) is 2. The largest absolute Gasteiger partial charge is 0.497 e. The van der Waals surface area contributed by atoms with Crippen molar-refractivity contribution in [1.29, 1.82) is 0 Å². The second-order valence-corrected chi connectivity index (χ2v) is 6.58. The van der Waals surface area contributed by atoms with Crippen LogP contribution in [0.2, 0.25) is 0 Å². The molecule has 2 aromatic rings. The predicted octanol–water partition coefficient (Wildman–Crippen LogP) is 2.83. The van der Waals surface area contributed by atoms with Crippen LogP contribution in [0.4, 0.5) is 5.69 Å². The number of hydrogen-bond donors (Lipinski definition) is 0. The number of anilines is 1. The first kappa shape index (κ1) is 16.3. The zero-order valence-electron chi connectivity index (χ0n) is 14.6. The zero-order valence-corrected chi connectivity index (χ0v) is 14.6. The summed E-state index contributed by atoms with van der Waals surface area (Å²) in [5, 5.41) is 4.10. The normalized spacial score (nSPS) is 21.9. The van der Waals surface area contributed by atoms with Crippen molar-refractivity contribution >= 4 is 23.2 Å². The summed E-state index contributed by atoms with van der Waals surface area (Å²) in [5.41, 5.74) is 1.88. The number of ether oxygens (including phenoxy) is 1. The van der Waals surface area contributed by atoms with E-state index in [1.54, 1.807) is 19.2 Å². The van der Waals surface area contributed by atoms with Gasteiger partial charge < -0.3 is 9.57 Å². The van der Waals surface area contributed by atoms with Crippen LogP contribution < -0.4 is 9.64 Å². The lowest BCUT2D eigenvalue weighted by atomic mass is 9.92. The van der Waals surface area contributed by atoms with Gasteiger partial charge in [-0.2, -0.15) is 0 Å². The Hall–Kier alpha value is -3.15. The number of amides is 2. The summed E-state index contributed by atoms with van der Waals surface area (Å²) in [5.74, 6) is 0.101. The minimum Gasteiger partial charge on any atom is -0.497 e. The average molecular weight is 350 g/mol. The van der Waals surface area contributed by atoms with Crippen LogP contribution in [-0.4, -0.2) is 30.2 Å². The van der Waals surface area contributed by atoms with Gasteiger partial charge in [-0.25, -0.2) is 4.90 Å². The summed E-state index contributed by atoms with van der Waals surface area (Å²) in [6, 6.07) is 14.6. The second kappa shape index (κ2) is 5.98. The molecule has 0 aliphatic carbocycles. The summed E-state index contributed by atoms with van der Waals surface area (Å²) in [6.07, 6.45) is 0.259. The molecule has 2 heterocycles. The van der Waals surface area contributed by atoms with Crippen molar-refractivity contribution < 1.29 is 19.2 Å². The minimum atomic E-state index is -1.24. The molecule has 0 saturated carbocycles. The number of carbonyl (C=O) groups excluding carboxylic acids is 2. The van der Waals surface area contributed by atoms with Crippen LogP contribution in [0.1, 0.15) is 24.0 Å². The van der Waals surface area contributed by atoms with Crippen LogP contribution in [0.25, 0.3) is 0 Å². The van der Waals surface area contributed by atoms with Crippen LogP contribution in [0, 0.1) is 6.92 Å². The number of benzene rings is 2. The van der Waals surface area contributed by atoms with Gasteiger partial charge in [-0.05, 0) is 48.9 Å². The first-order valence-electron chi connectivity index (χ1n) is 8.36. The molecule has 2 amide bonds. The topological polar surface area (TPSA) is 68.2 Å². The van der Waals surface area contributed by atoms with Crippen molar-refractivity contribution in [3.05, 3.63) is 59.7 Å². The van der Waals surface area contributed by atoms with E-state index in [1.165, 1.54) is 4.90 Å². The molecule has 1 spiro atoms. The van der Waals surface area contributed by atoms with Gasteiger partial charge in [0.15, 0.2) is 0 Å². The minimum absolute atomic E-state index is 0.0110. The number of oxime groups is 1. The van der Waals surface area contributed by atoms with E-state index in [1.807, 2.05) is 43.3 Å². The molecule has 2 aliphatic rings.